The van der Waals surface area contributed by atoms with Crippen molar-refractivity contribution in [1.82, 2.24) is 9.97 Å². The zero-order chi connectivity index (χ0) is 15.0. The molecule has 0 unspecified atom stereocenters. The highest BCUT2D eigenvalue weighted by Gasteiger charge is 2.15. The Balaban J connectivity index is 2.10. The van der Waals surface area contributed by atoms with E-state index in [1.54, 1.807) is 23.6 Å². The van der Waals surface area contributed by atoms with Crippen molar-refractivity contribution in [2.24, 2.45) is 0 Å². The van der Waals surface area contributed by atoms with Gasteiger partial charge in [0.15, 0.2) is 5.82 Å². The van der Waals surface area contributed by atoms with Crippen LogP contribution in [0.2, 0.25) is 15.3 Å². The summed E-state index contributed by atoms with van der Waals surface area (Å²) in [5.74, 6) is 0.0736. The van der Waals surface area contributed by atoms with Crippen LogP contribution in [-0.2, 0) is 0 Å². The predicted molar refractivity (Wildman–Crippen MR) is 85.8 cm³/mol. The van der Waals surface area contributed by atoms with Crippen molar-refractivity contribution in [3.8, 4) is 21.8 Å². The molecule has 0 spiro atoms. The number of halogens is 4. The second kappa shape index (κ2) is 5.89. The smallest absolute Gasteiger partial charge is 0.172 e. The third-order valence-electron chi connectivity index (χ3n) is 2.74. The summed E-state index contributed by atoms with van der Waals surface area (Å²) in [6.07, 6.45) is 0. The SMILES string of the molecule is Fc1ccc(-c2c(Cl)nc(-c3cc(Cl)cs3)nc2Cl)cc1. The van der Waals surface area contributed by atoms with Crippen LogP contribution < -0.4 is 0 Å². The Hall–Kier alpha value is -1.20. The molecule has 2 heterocycles. The van der Waals surface area contributed by atoms with Gasteiger partial charge in [-0.2, -0.15) is 0 Å². The zero-order valence-electron chi connectivity index (χ0n) is 10.3. The van der Waals surface area contributed by atoms with Gasteiger partial charge in [-0.15, -0.1) is 11.3 Å². The Morgan fingerprint density at radius 3 is 2.10 bits per heavy atom. The summed E-state index contributed by atoms with van der Waals surface area (Å²) in [5, 5.41) is 2.80. The molecule has 1 aromatic carbocycles. The maximum atomic E-state index is 13.0. The maximum Gasteiger partial charge on any atom is 0.172 e. The van der Waals surface area contributed by atoms with E-state index >= 15 is 0 Å². The van der Waals surface area contributed by atoms with Crippen LogP contribution in [0.5, 0.6) is 0 Å². The molecule has 0 radical (unpaired) electrons. The zero-order valence-corrected chi connectivity index (χ0v) is 13.4. The van der Waals surface area contributed by atoms with E-state index < -0.39 is 0 Å². The van der Waals surface area contributed by atoms with Crippen molar-refractivity contribution in [1.29, 1.82) is 0 Å². The summed E-state index contributed by atoms with van der Waals surface area (Å²) in [7, 11) is 0. The lowest BCUT2D eigenvalue weighted by atomic mass is 10.1. The first-order valence-corrected chi connectivity index (χ1v) is 7.79. The molecule has 106 valence electrons. The molecular formula is C14H6Cl3FN2S. The summed E-state index contributed by atoms with van der Waals surface area (Å²) in [4.78, 5) is 9.26. The Bertz CT molecular complexity index is 779. The van der Waals surface area contributed by atoms with Gasteiger partial charge < -0.3 is 0 Å². The predicted octanol–water partition coefficient (Wildman–Crippen LogP) is 5.97. The van der Waals surface area contributed by atoms with Gasteiger partial charge in [0, 0.05) is 5.38 Å². The topological polar surface area (TPSA) is 25.8 Å². The molecule has 0 aliphatic carbocycles. The minimum absolute atomic E-state index is 0.209. The molecule has 0 N–H and O–H groups in total. The summed E-state index contributed by atoms with van der Waals surface area (Å²) < 4.78 is 13.0. The monoisotopic (exact) mass is 358 g/mol. The van der Waals surface area contributed by atoms with Crippen LogP contribution in [0.1, 0.15) is 0 Å². The molecule has 21 heavy (non-hydrogen) atoms. The molecule has 0 bridgehead atoms. The van der Waals surface area contributed by atoms with Crippen molar-refractivity contribution in [2.45, 2.75) is 0 Å². The molecule has 2 aromatic heterocycles. The minimum Gasteiger partial charge on any atom is -0.215 e. The van der Waals surface area contributed by atoms with Gasteiger partial charge in [-0.05, 0) is 23.8 Å². The van der Waals surface area contributed by atoms with Gasteiger partial charge in [0.1, 0.15) is 16.1 Å². The number of thiophene rings is 1. The van der Waals surface area contributed by atoms with E-state index in [1.807, 2.05) is 0 Å². The normalized spacial score (nSPS) is 10.9. The third-order valence-corrected chi connectivity index (χ3v) is 4.56. The van der Waals surface area contributed by atoms with Gasteiger partial charge in [0.05, 0.1) is 15.5 Å². The molecule has 0 aliphatic heterocycles. The molecule has 0 fully saturated rings. The van der Waals surface area contributed by atoms with Gasteiger partial charge >= 0.3 is 0 Å². The molecule has 0 atom stereocenters. The van der Waals surface area contributed by atoms with Crippen LogP contribution in [0, 0.1) is 5.82 Å². The van der Waals surface area contributed by atoms with Gasteiger partial charge in [0.2, 0.25) is 0 Å². The number of aromatic nitrogens is 2. The van der Waals surface area contributed by atoms with E-state index in [9.17, 15) is 4.39 Å². The molecule has 0 saturated carbocycles. The van der Waals surface area contributed by atoms with Crippen LogP contribution >= 0.6 is 46.1 Å². The number of benzene rings is 1. The number of rotatable bonds is 2. The molecule has 0 amide bonds. The quantitative estimate of drug-likeness (QED) is 0.527. The summed E-state index contributed by atoms with van der Waals surface area (Å²) >= 11 is 19.7. The van der Waals surface area contributed by atoms with Crippen LogP contribution in [0.3, 0.4) is 0 Å². The second-order valence-corrected chi connectivity index (χ2v) is 6.20. The van der Waals surface area contributed by atoms with Crippen molar-refractivity contribution in [3.63, 3.8) is 0 Å². The van der Waals surface area contributed by atoms with Crippen molar-refractivity contribution in [2.75, 3.05) is 0 Å². The minimum atomic E-state index is -0.336. The van der Waals surface area contributed by atoms with Crippen LogP contribution in [0.4, 0.5) is 4.39 Å². The lowest BCUT2D eigenvalue weighted by Crippen LogP contribution is -1.93. The Kier molecular flexibility index (Phi) is 4.13. The van der Waals surface area contributed by atoms with E-state index in [2.05, 4.69) is 9.97 Å². The van der Waals surface area contributed by atoms with Gasteiger partial charge in [-0.25, -0.2) is 14.4 Å². The fourth-order valence-electron chi connectivity index (χ4n) is 1.80. The summed E-state index contributed by atoms with van der Waals surface area (Å²) in [6, 6.07) is 7.55. The summed E-state index contributed by atoms with van der Waals surface area (Å²) in [6.45, 7) is 0. The molecule has 3 rings (SSSR count). The van der Waals surface area contributed by atoms with Crippen LogP contribution in [0.25, 0.3) is 21.8 Å². The highest BCUT2D eigenvalue weighted by atomic mass is 35.5. The standard InChI is InChI=1S/C14H6Cl3FN2S/c15-8-5-10(21-6-8)14-19-12(16)11(13(17)20-14)7-1-3-9(18)4-2-7/h1-6H. The van der Waals surface area contributed by atoms with Gasteiger partial charge in [-0.1, -0.05) is 46.9 Å². The Morgan fingerprint density at radius 1 is 0.952 bits per heavy atom. The van der Waals surface area contributed by atoms with Crippen LogP contribution in [-0.4, -0.2) is 9.97 Å². The Labute approximate surface area is 139 Å². The molecule has 2 nitrogen and oxygen atoms in total. The van der Waals surface area contributed by atoms with E-state index in [0.717, 1.165) is 4.88 Å². The highest BCUT2D eigenvalue weighted by Crippen LogP contribution is 2.36. The first kappa shape index (κ1) is 14.7. The largest absolute Gasteiger partial charge is 0.215 e. The average molecular weight is 360 g/mol. The number of hydrogen-bond acceptors (Lipinski definition) is 3. The third kappa shape index (κ3) is 3.04. The summed E-state index contributed by atoms with van der Waals surface area (Å²) in [5.41, 5.74) is 1.13. The highest BCUT2D eigenvalue weighted by molar-refractivity contribution is 7.14. The maximum absolute atomic E-state index is 13.0. The molecule has 3 aromatic rings. The molecule has 0 saturated heterocycles. The first-order chi connectivity index (χ1) is 10.0. The fraction of sp³-hybridized carbons (Fsp3) is 0. The molecular weight excluding hydrogens is 354 g/mol. The van der Waals surface area contributed by atoms with Gasteiger partial charge in [0.25, 0.3) is 0 Å². The second-order valence-electron chi connectivity index (χ2n) is 4.14. The van der Waals surface area contributed by atoms with Crippen molar-refractivity contribution >= 4 is 46.1 Å². The van der Waals surface area contributed by atoms with E-state index in [-0.39, 0.29) is 16.1 Å². The van der Waals surface area contributed by atoms with E-state index in [4.69, 9.17) is 34.8 Å². The number of nitrogens with zero attached hydrogens (tertiary/aromatic N) is 2. The average Bonchev–Trinajstić information content (AvgIpc) is 2.87. The van der Waals surface area contributed by atoms with Crippen LogP contribution in [0.15, 0.2) is 35.7 Å². The van der Waals surface area contributed by atoms with Crippen molar-refractivity contribution < 1.29 is 4.39 Å². The number of hydrogen-bond donors (Lipinski definition) is 0. The molecule has 0 aliphatic rings. The van der Waals surface area contributed by atoms with Crippen molar-refractivity contribution in [3.05, 3.63) is 56.9 Å². The van der Waals surface area contributed by atoms with Gasteiger partial charge in [-0.3, -0.25) is 0 Å². The molecule has 7 heteroatoms. The van der Waals surface area contributed by atoms with E-state index in [1.165, 1.54) is 23.5 Å². The van der Waals surface area contributed by atoms with E-state index in [0.29, 0.717) is 22.0 Å². The fourth-order valence-corrected chi connectivity index (χ4v) is 3.42. The first-order valence-electron chi connectivity index (χ1n) is 5.78. The Morgan fingerprint density at radius 2 is 1.57 bits per heavy atom. The lowest BCUT2D eigenvalue weighted by Gasteiger charge is -2.07. The lowest BCUT2D eigenvalue weighted by molar-refractivity contribution is 0.628.